The van der Waals surface area contributed by atoms with Gasteiger partial charge in [0.2, 0.25) is 0 Å². The second-order valence-corrected chi connectivity index (χ2v) is 8.88. The van der Waals surface area contributed by atoms with Gasteiger partial charge in [0.15, 0.2) is 0 Å². The number of fused-ring (bicyclic) bond motifs is 2. The van der Waals surface area contributed by atoms with Gasteiger partial charge in [-0.1, -0.05) is 109 Å². The number of rotatable bonds is 6. The van der Waals surface area contributed by atoms with E-state index < -0.39 is 0 Å². The van der Waals surface area contributed by atoms with E-state index in [9.17, 15) is 0 Å². The van der Waals surface area contributed by atoms with Crippen molar-refractivity contribution in [3.8, 4) is 33.8 Å². The van der Waals surface area contributed by atoms with Crippen LogP contribution in [0.1, 0.15) is 5.56 Å². The van der Waals surface area contributed by atoms with Crippen molar-refractivity contribution in [1.29, 1.82) is 0 Å². The van der Waals surface area contributed by atoms with Crippen molar-refractivity contribution in [1.82, 2.24) is 0 Å². The minimum absolute atomic E-state index is 0.495. The number of hydrogen-bond donors (Lipinski definition) is 0. The average Bonchev–Trinajstić information content (AvgIpc) is 2.96. The topological polar surface area (TPSA) is 18.5 Å². The first kappa shape index (κ1) is 21.9. The molecule has 6 aromatic carbocycles. The molecule has 0 fully saturated rings. The van der Waals surface area contributed by atoms with E-state index in [-0.39, 0.29) is 0 Å². The molecule has 0 saturated heterocycles. The van der Waals surface area contributed by atoms with Gasteiger partial charge in [0.25, 0.3) is 0 Å². The lowest BCUT2D eigenvalue weighted by Crippen LogP contribution is -1.99. The Morgan fingerprint density at radius 2 is 1.14 bits per heavy atom. The van der Waals surface area contributed by atoms with Gasteiger partial charge in [-0.2, -0.15) is 0 Å². The maximum atomic E-state index is 6.49. The molecule has 174 valence electrons. The van der Waals surface area contributed by atoms with Gasteiger partial charge in [-0.15, -0.1) is 0 Å². The summed E-state index contributed by atoms with van der Waals surface area (Å²) in [7, 11) is 1.73. The molecular weight excluding hydrogens is 440 g/mol. The minimum atomic E-state index is 0.495. The Kier molecular flexibility index (Phi) is 5.85. The highest BCUT2D eigenvalue weighted by Gasteiger charge is 2.19. The molecule has 0 aliphatic rings. The summed E-state index contributed by atoms with van der Waals surface area (Å²) in [5.74, 6) is 1.67. The average molecular weight is 467 g/mol. The Balaban J connectivity index is 1.59. The number of benzene rings is 6. The van der Waals surface area contributed by atoms with Crippen LogP contribution in [-0.2, 0) is 6.61 Å². The molecule has 0 spiro atoms. The van der Waals surface area contributed by atoms with Gasteiger partial charge in [-0.3, -0.25) is 0 Å². The molecule has 0 amide bonds. The summed E-state index contributed by atoms with van der Waals surface area (Å²) in [6, 6.07) is 44.3. The largest absolute Gasteiger partial charge is 0.496 e. The first-order chi connectivity index (χ1) is 17.8. The lowest BCUT2D eigenvalue weighted by atomic mass is 9.91. The monoisotopic (exact) mass is 466 g/mol. The molecule has 36 heavy (non-hydrogen) atoms. The van der Waals surface area contributed by atoms with Gasteiger partial charge < -0.3 is 9.47 Å². The standard InChI is InChI=1S/C34H26O2/c1-35-31-20-17-26-14-8-9-15-29(26)33(31)34-30-19-16-27(25-12-6-3-7-13-25)22-28(30)18-21-32(34)36-23-24-10-4-2-5-11-24/h2-22H,23H2,1H3. The minimum Gasteiger partial charge on any atom is -0.496 e. The number of hydrogen-bond acceptors (Lipinski definition) is 2. The third-order valence-electron chi connectivity index (χ3n) is 6.69. The highest BCUT2D eigenvalue weighted by molar-refractivity contribution is 6.10. The van der Waals surface area contributed by atoms with Gasteiger partial charge in [0, 0.05) is 11.1 Å². The fraction of sp³-hybridized carbons (Fsp3) is 0.0588. The van der Waals surface area contributed by atoms with Gasteiger partial charge in [0.05, 0.1) is 7.11 Å². The maximum Gasteiger partial charge on any atom is 0.128 e. The van der Waals surface area contributed by atoms with Crippen molar-refractivity contribution in [2.24, 2.45) is 0 Å². The summed E-state index contributed by atoms with van der Waals surface area (Å²) >= 11 is 0. The number of ether oxygens (including phenoxy) is 2. The van der Waals surface area contributed by atoms with Crippen LogP contribution in [0.5, 0.6) is 11.5 Å². The van der Waals surface area contributed by atoms with Crippen LogP contribution < -0.4 is 9.47 Å². The lowest BCUT2D eigenvalue weighted by molar-refractivity contribution is 0.308. The van der Waals surface area contributed by atoms with Crippen LogP contribution in [0.15, 0.2) is 127 Å². The molecule has 6 rings (SSSR count). The quantitative estimate of drug-likeness (QED) is 0.244. The molecule has 0 saturated carbocycles. The zero-order chi connectivity index (χ0) is 24.3. The summed E-state index contributed by atoms with van der Waals surface area (Å²) < 4.78 is 12.4. The van der Waals surface area contributed by atoms with Crippen LogP contribution in [0, 0.1) is 0 Å². The van der Waals surface area contributed by atoms with E-state index in [0.29, 0.717) is 6.61 Å². The molecule has 2 heteroatoms. The van der Waals surface area contributed by atoms with Gasteiger partial charge in [-0.05, 0) is 56.4 Å². The van der Waals surface area contributed by atoms with Crippen molar-refractivity contribution < 1.29 is 9.47 Å². The Labute approximate surface area is 211 Å². The predicted octanol–water partition coefficient (Wildman–Crippen LogP) is 8.91. The first-order valence-electron chi connectivity index (χ1n) is 12.2. The van der Waals surface area contributed by atoms with Crippen LogP contribution in [0.4, 0.5) is 0 Å². The van der Waals surface area contributed by atoms with Crippen molar-refractivity contribution in [2.45, 2.75) is 6.61 Å². The van der Waals surface area contributed by atoms with Crippen LogP contribution in [-0.4, -0.2) is 7.11 Å². The Bertz CT molecular complexity index is 1650. The van der Waals surface area contributed by atoms with Gasteiger partial charge in [0.1, 0.15) is 18.1 Å². The molecule has 2 nitrogen and oxygen atoms in total. The van der Waals surface area contributed by atoms with E-state index in [1.807, 2.05) is 24.3 Å². The molecule has 0 aliphatic heterocycles. The molecule has 0 bridgehead atoms. The fourth-order valence-corrected chi connectivity index (χ4v) is 4.91. The van der Waals surface area contributed by atoms with E-state index in [4.69, 9.17) is 9.47 Å². The second-order valence-electron chi connectivity index (χ2n) is 8.88. The molecule has 0 heterocycles. The molecule has 0 aromatic heterocycles. The molecule has 0 N–H and O–H groups in total. The summed E-state index contributed by atoms with van der Waals surface area (Å²) in [5, 5.41) is 4.60. The smallest absolute Gasteiger partial charge is 0.128 e. The molecule has 0 radical (unpaired) electrons. The van der Waals surface area contributed by atoms with Crippen LogP contribution >= 0.6 is 0 Å². The summed E-state index contributed by atoms with van der Waals surface area (Å²) in [6.45, 7) is 0.495. The molecule has 0 unspecified atom stereocenters. The van der Waals surface area contributed by atoms with Crippen LogP contribution in [0.3, 0.4) is 0 Å². The van der Waals surface area contributed by atoms with E-state index >= 15 is 0 Å². The Morgan fingerprint density at radius 1 is 0.500 bits per heavy atom. The summed E-state index contributed by atoms with van der Waals surface area (Å²) in [4.78, 5) is 0. The summed E-state index contributed by atoms with van der Waals surface area (Å²) in [6.07, 6.45) is 0. The van der Waals surface area contributed by atoms with Crippen molar-refractivity contribution >= 4 is 21.5 Å². The van der Waals surface area contributed by atoms with E-state index in [1.165, 1.54) is 16.5 Å². The predicted molar refractivity (Wildman–Crippen MR) is 150 cm³/mol. The van der Waals surface area contributed by atoms with E-state index in [0.717, 1.165) is 44.3 Å². The fourth-order valence-electron chi connectivity index (χ4n) is 4.91. The normalized spacial score (nSPS) is 11.0. The third-order valence-corrected chi connectivity index (χ3v) is 6.69. The Morgan fingerprint density at radius 3 is 1.94 bits per heavy atom. The summed E-state index contributed by atoms with van der Waals surface area (Å²) in [5.41, 5.74) is 5.63. The first-order valence-corrected chi connectivity index (χ1v) is 12.2. The lowest BCUT2D eigenvalue weighted by Gasteiger charge is -2.19. The SMILES string of the molecule is COc1ccc2ccccc2c1-c1c(OCc2ccccc2)ccc2cc(-c3ccccc3)ccc12. The Hall–Kier alpha value is -4.56. The molecule has 0 aliphatic carbocycles. The highest BCUT2D eigenvalue weighted by Crippen LogP contribution is 2.46. The third kappa shape index (κ3) is 4.08. The van der Waals surface area contributed by atoms with Crippen molar-refractivity contribution in [2.75, 3.05) is 7.11 Å². The molecular formula is C34H26O2. The van der Waals surface area contributed by atoms with Crippen LogP contribution in [0.2, 0.25) is 0 Å². The van der Waals surface area contributed by atoms with E-state index in [2.05, 4.69) is 103 Å². The molecule has 0 atom stereocenters. The van der Waals surface area contributed by atoms with Crippen LogP contribution in [0.25, 0.3) is 43.8 Å². The van der Waals surface area contributed by atoms with E-state index in [1.54, 1.807) is 7.11 Å². The van der Waals surface area contributed by atoms with Crippen molar-refractivity contribution in [3.05, 3.63) is 133 Å². The maximum absolute atomic E-state index is 6.49. The van der Waals surface area contributed by atoms with Gasteiger partial charge >= 0.3 is 0 Å². The van der Waals surface area contributed by atoms with Crippen molar-refractivity contribution in [3.63, 3.8) is 0 Å². The molecule has 6 aromatic rings. The second kappa shape index (κ2) is 9.59. The zero-order valence-corrected chi connectivity index (χ0v) is 20.1. The van der Waals surface area contributed by atoms with Gasteiger partial charge in [-0.25, -0.2) is 0 Å². The highest BCUT2D eigenvalue weighted by atomic mass is 16.5. The zero-order valence-electron chi connectivity index (χ0n) is 20.1. The number of methoxy groups -OCH3 is 1.